The van der Waals surface area contributed by atoms with Crippen molar-refractivity contribution in [2.75, 3.05) is 30.5 Å². The minimum absolute atomic E-state index is 0.0266. The van der Waals surface area contributed by atoms with Gasteiger partial charge in [-0.25, -0.2) is 14.4 Å². The molecule has 1 amide bonds. The number of halogens is 1. The lowest BCUT2D eigenvalue weighted by Crippen LogP contribution is -2.14. The number of nitrogens with one attached hydrogen (secondary N) is 2. The molecule has 0 aliphatic rings. The van der Waals surface area contributed by atoms with E-state index >= 15 is 0 Å². The Morgan fingerprint density at radius 3 is 2.69 bits per heavy atom. The molecule has 0 saturated carbocycles. The molecule has 0 radical (unpaired) electrons. The number of thiazole rings is 1. The number of benzene rings is 2. The Labute approximate surface area is 211 Å². The zero-order chi connectivity index (χ0) is 25.2. The highest BCUT2D eigenvalue weighted by atomic mass is 32.1. The van der Waals surface area contributed by atoms with Crippen LogP contribution in [0.25, 0.3) is 17.0 Å². The number of rotatable bonds is 7. The predicted molar refractivity (Wildman–Crippen MR) is 142 cm³/mol. The van der Waals surface area contributed by atoms with Crippen molar-refractivity contribution in [1.82, 2.24) is 19.3 Å². The fourth-order valence-corrected chi connectivity index (χ4v) is 4.58. The molecule has 4 N–H and O–H groups in total. The molecule has 10 heteroatoms. The normalized spacial score (nSPS) is 11.2. The SMILES string of the molecule is CN(C)Cc1cccn2c(-c3csc(Nc4ccc(C(=O)Nc5c(N)cccc5F)cc4)n3)cnc12. The highest BCUT2D eigenvalue weighted by Crippen LogP contribution is 2.29. The van der Waals surface area contributed by atoms with E-state index < -0.39 is 11.7 Å². The Balaban J connectivity index is 1.30. The molecule has 36 heavy (non-hydrogen) atoms. The highest BCUT2D eigenvalue weighted by molar-refractivity contribution is 7.14. The first-order valence-electron chi connectivity index (χ1n) is 11.2. The maximum Gasteiger partial charge on any atom is 0.255 e. The average Bonchev–Trinajstić information content (AvgIpc) is 3.49. The van der Waals surface area contributed by atoms with Crippen molar-refractivity contribution in [3.05, 3.63) is 89.3 Å². The molecule has 0 bridgehead atoms. The molecular weight excluding hydrogens is 477 g/mol. The van der Waals surface area contributed by atoms with Crippen molar-refractivity contribution in [2.45, 2.75) is 6.54 Å². The van der Waals surface area contributed by atoms with Gasteiger partial charge in [0.1, 0.15) is 22.8 Å². The van der Waals surface area contributed by atoms with E-state index in [4.69, 9.17) is 10.7 Å². The summed E-state index contributed by atoms with van der Waals surface area (Å²) in [6.45, 7) is 0.798. The molecule has 2 aromatic carbocycles. The minimum Gasteiger partial charge on any atom is -0.397 e. The summed E-state index contributed by atoms with van der Waals surface area (Å²) in [6.07, 6.45) is 3.82. The topological polar surface area (TPSA) is 101 Å². The van der Waals surface area contributed by atoms with Crippen LogP contribution < -0.4 is 16.4 Å². The number of fused-ring (bicyclic) bond motifs is 1. The molecule has 182 valence electrons. The van der Waals surface area contributed by atoms with E-state index in [1.165, 1.54) is 29.5 Å². The number of para-hydroxylation sites is 1. The first-order valence-corrected chi connectivity index (χ1v) is 12.0. The third kappa shape index (κ3) is 4.77. The number of carbonyl (C=O) groups is 1. The second kappa shape index (κ2) is 9.76. The molecule has 0 fully saturated rings. The van der Waals surface area contributed by atoms with Crippen molar-refractivity contribution in [3.63, 3.8) is 0 Å². The third-order valence-corrected chi connectivity index (χ3v) is 6.31. The highest BCUT2D eigenvalue weighted by Gasteiger charge is 2.14. The van der Waals surface area contributed by atoms with Gasteiger partial charge in [0.15, 0.2) is 5.13 Å². The van der Waals surface area contributed by atoms with E-state index in [2.05, 4.69) is 26.6 Å². The lowest BCUT2D eigenvalue weighted by atomic mass is 10.2. The molecule has 0 saturated heterocycles. The zero-order valence-corrected chi connectivity index (χ0v) is 20.5. The van der Waals surface area contributed by atoms with Crippen molar-refractivity contribution >= 4 is 45.1 Å². The average molecular weight is 502 g/mol. The van der Waals surface area contributed by atoms with Crippen LogP contribution in [0.3, 0.4) is 0 Å². The van der Waals surface area contributed by atoms with Gasteiger partial charge in [0.05, 0.1) is 17.6 Å². The standard InChI is InChI=1S/C26H24FN7OS/c1-33(2)14-17-5-4-12-34-22(13-29-24(17)34)21-15-36-26(31-21)30-18-10-8-16(9-11-18)25(35)32-23-19(27)6-3-7-20(23)28/h3-13,15H,14,28H2,1-2H3,(H,30,31)(H,32,35). The summed E-state index contributed by atoms with van der Waals surface area (Å²) in [6, 6.07) is 15.2. The molecule has 0 atom stereocenters. The Morgan fingerprint density at radius 1 is 1.14 bits per heavy atom. The Hall–Kier alpha value is -4.28. The molecule has 3 aromatic heterocycles. The van der Waals surface area contributed by atoms with Crippen LogP contribution in [0.2, 0.25) is 0 Å². The Morgan fingerprint density at radius 2 is 1.94 bits per heavy atom. The number of nitrogens with zero attached hydrogens (tertiary/aromatic N) is 4. The van der Waals surface area contributed by atoms with Crippen LogP contribution in [0.4, 0.5) is 26.6 Å². The van der Waals surface area contributed by atoms with Crippen molar-refractivity contribution in [3.8, 4) is 11.4 Å². The van der Waals surface area contributed by atoms with E-state index in [1.807, 2.05) is 42.3 Å². The van der Waals surface area contributed by atoms with E-state index in [-0.39, 0.29) is 11.4 Å². The van der Waals surface area contributed by atoms with Gasteiger partial charge in [0.2, 0.25) is 0 Å². The summed E-state index contributed by atoms with van der Waals surface area (Å²) in [7, 11) is 4.06. The number of carbonyl (C=O) groups excluding carboxylic acids is 1. The van der Waals surface area contributed by atoms with Gasteiger partial charge in [0.25, 0.3) is 5.91 Å². The molecule has 5 aromatic rings. The largest absolute Gasteiger partial charge is 0.397 e. The maximum atomic E-state index is 14.0. The van der Waals surface area contributed by atoms with Gasteiger partial charge in [-0.2, -0.15) is 0 Å². The van der Waals surface area contributed by atoms with Crippen LogP contribution in [0, 0.1) is 5.82 Å². The molecular formula is C26H24FN7OS. The summed E-state index contributed by atoms with van der Waals surface area (Å²) < 4.78 is 16.0. The number of amides is 1. The Kier molecular flexibility index (Phi) is 6.36. The fourth-order valence-electron chi connectivity index (χ4n) is 3.86. The van der Waals surface area contributed by atoms with Crippen LogP contribution in [-0.2, 0) is 6.54 Å². The van der Waals surface area contributed by atoms with Gasteiger partial charge in [-0.15, -0.1) is 11.3 Å². The summed E-state index contributed by atoms with van der Waals surface area (Å²) >= 11 is 1.48. The third-order valence-electron chi connectivity index (χ3n) is 5.55. The number of nitrogens with two attached hydrogens (primary N) is 1. The second-order valence-corrected chi connectivity index (χ2v) is 9.36. The first kappa shape index (κ1) is 23.5. The van der Waals surface area contributed by atoms with Crippen LogP contribution in [0.5, 0.6) is 0 Å². The predicted octanol–water partition coefficient (Wildman–Crippen LogP) is 5.24. The molecule has 0 unspecified atom stereocenters. The van der Waals surface area contributed by atoms with Gasteiger partial charge in [-0.3, -0.25) is 9.20 Å². The Bertz CT molecular complexity index is 1520. The number of nitrogen functional groups attached to an aromatic ring is 1. The van der Waals surface area contributed by atoms with E-state index in [1.54, 1.807) is 24.3 Å². The fraction of sp³-hybridized carbons (Fsp3) is 0.115. The van der Waals surface area contributed by atoms with Gasteiger partial charge in [-0.1, -0.05) is 12.1 Å². The number of hydrogen-bond donors (Lipinski definition) is 3. The van der Waals surface area contributed by atoms with E-state index in [9.17, 15) is 9.18 Å². The van der Waals surface area contributed by atoms with Crippen LogP contribution in [0.1, 0.15) is 15.9 Å². The van der Waals surface area contributed by atoms with Crippen LogP contribution in [-0.4, -0.2) is 39.3 Å². The lowest BCUT2D eigenvalue weighted by molar-refractivity contribution is 0.102. The first-order chi connectivity index (χ1) is 17.4. The molecule has 0 aliphatic heterocycles. The second-order valence-electron chi connectivity index (χ2n) is 8.51. The number of aromatic nitrogens is 3. The number of hydrogen-bond acceptors (Lipinski definition) is 7. The molecule has 3 heterocycles. The van der Waals surface area contributed by atoms with Crippen molar-refractivity contribution in [2.24, 2.45) is 0 Å². The minimum atomic E-state index is -0.582. The summed E-state index contributed by atoms with van der Waals surface area (Å²) in [5.41, 5.74) is 10.8. The van der Waals surface area contributed by atoms with Crippen LogP contribution >= 0.6 is 11.3 Å². The molecule has 5 rings (SSSR count). The van der Waals surface area contributed by atoms with Gasteiger partial charge in [-0.05, 0) is 56.6 Å². The maximum absolute atomic E-state index is 14.0. The van der Waals surface area contributed by atoms with E-state index in [0.29, 0.717) is 10.7 Å². The van der Waals surface area contributed by atoms with Crippen molar-refractivity contribution in [1.29, 1.82) is 0 Å². The number of pyridine rings is 1. The number of imidazole rings is 1. The number of anilines is 4. The molecule has 0 spiro atoms. The van der Waals surface area contributed by atoms with Gasteiger partial charge in [0, 0.05) is 34.9 Å². The molecule has 0 aliphatic carbocycles. The lowest BCUT2D eigenvalue weighted by Gasteiger charge is -2.10. The molecule has 8 nitrogen and oxygen atoms in total. The van der Waals surface area contributed by atoms with E-state index in [0.717, 1.165) is 34.8 Å². The zero-order valence-electron chi connectivity index (χ0n) is 19.7. The smallest absolute Gasteiger partial charge is 0.255 e. The van der Waals surface area contributed by atoms with Gasteiger partial charge < -0.3 is 21.3 Å². The van der Waals surface area contributed by atoms with Crippen molar-refractivity contribution < 1.29 is 9.18 Å². The quantitative estimate of drug-likeness (QED) is 0.264. The monoisotopic (exact) mass is 501 g/mol. The van der Waals surface area contributed by atoms with Crippen LogP contribution in [0.15, 0.2) is 72.4 Å². The summed E-state index contributed by atoms with van der Waals surface area (Å²) in [5.74, 6) is -1.03. The van der Waals surface area contributed by atoms with Gasteiger partial charge >= 0.3 is 0 Å². The summed E-state index contributed by atoms with van der Waals surface area (Å²) in [5, 5.41) is 8.48. The summed E-state index contributed by atoms with van der Waals surface area (Å²) in [4.78, 5) is 24.0.